The first-order valence-corrected chi connectivity index (χ1v) is 7.06. The second kappa shape index (κ2) is 5.73. The average molecular weight is 331 g/mol. The van der Waals surface area contributed by atoms with Crippen LogP contribution in [0, 0.1) is 0 Å². The summed E-state index contributed by atoms with van der Waals surface area (Å²) in [5.74, 6) is -2.34. The molecule has 0 spiro atoms. The molecule has 116 valence electrons. The summed E-state index contributed by atoms with van der Waals surface area (Å²) in [6.07, 6.45) is 0. The van der Waals surface area contributed by atoms with Crippen LogP contribution in [0.4, 0.5) is 0 Å². The van der Waals surface area contributed by atoms with Crippen molar-refractivity contribution in [2.75, 3.05) is 6.54 Å². The maximum absolute atomic E-state index is 12.0. The number of aliphatic carboxylic acids is 1. The van der Waals surface area contributed by atoms with E-state index in [0.29, 0.717) is 10.8 Å². The van der Waals surface area contributed by atoms with Crippen molar-refractivity contribution >= 4 is 45.0 Å². The molecule has 23 heavy (non-hydrogen) atoms. The largest absolute Gasteiger partial charge is 0.505 e. The predicted molar refractivity (Wildman–Crippen MR) is 85.9 cm³/mol. The molecular weight excluding hydrogens is 320 g/mol. The van der Waals surface area contributed by atoms with Crippen LogP contribution in [-0.2, 0) is 4.79 Å². The summed E-state index contributed by atoms with van der Waals surface area (Å²) >= 11 is 6.12. The Morgan fingerprint density at radius 3 is 2.35 bits per heavy atom. The number of hydrogen-bond acceptors (Lipinski definition) is 4. The summed E-state index contributed by atoms with van der Waals surface area (Å²) in [7, 11) is 0. The maximum atomic E-state index is 12.0. The predicted octanol–water partition coefficient (Wildman–Crippen LogP) is 2.56. The number of halogens is 1. The SMILES string of the molecule is O=C(O)CNC(=O)c1nc(Cl)c2cc3ccccc3cc2c1O. The third-order valence-electron chi connectivity index (χ3n) is 3.41. The number of hydrogen-bond donors (Lipinski definition) is 3. The van der Waals surface area contributed by atoms with E-state index in [4.69, 9.17) is 16.7 Å². The molecule has 1 aromatic heterocycles. The second-order valence-electron chi connectivity index (χ2n) is 4.92. The lowest BCUT2D eigenvalue weighted by molar-refractivity contribution is -0.135. The highest BCUT2D eigenvalue weighted by molar-refractivity contribution is 6.35. The molecule has 2 aromatic carbocycles. The maximum Gasteiger partial charge on any atom is 0.322 e. The standard InChI is InChI=1S/C16H11ClN2O4/c17-15-11-6-9-4-2-1-3-8(9)5-10(11)14(22)13(19-15)16(23)18-7-12(20)21/h1-6,22H,7H2,(H,18,23)(H,20,21). The number of carboxylic acid groups (broad SMARTS) is 1. The first-order valence-electron chi connectivity index (χ1n) is 6.68. The minimum atomic E-state index is -1.20. The number of nitrogens with zero attached hydrogens (tertiary/aromatic N) is 1. The summed E-state index contributed by atoms with van der Waals surface area (Å²) in [6.45, 7) is -0.576. The number of pyridine rings is 1. The summed E-state index contributed by atoms with van der Waals surface area (Å²) in [6, 6.07) is 11.0. The van der Waals surface area contributed by atoms with Gasteiger partial charge in [0.25, 0.3) is 5.91 Å². The highest BCUT2D eigenvalue weighted by atomic mass is 35.5. The molecule has 6 nitrogen and oxygen atoms in total. The Hall–Kier alpha value is -2.86. The fraction of sp³-hybridized carbons (Fsp3) is 0.0625. The van der Waals surface area contributed by atoms with Gasteiger partial charge in [0.1, 0.15) is 11.7 Å². The Kier molecular flexibility index (Phi) is 3.75. The van der Waals surface area contributed by atoms with Gasteiger partial charge in [0, 0.05) is 10.8 Å². The number of benzene rings is 2. The van der Waals surface area contributed by atoms with Crippen molar-refractivity contribution in [1.82, 2.24) is 10.3 Å². The lowest BCUT2D eigenvalue weighted by Gasteiger charge is -2.10. The molecule has 1 heterocycles. The summed E-state index contributed by atoms with van der Waals surface area (Å²) in [4.78, 5) is 26.4. The van der Waals surface area contributed by atoms with E-state index < -0.39 is 18.4 Å². The fourth-order valence-corrected chi connectivity index (χ4v) is 2.58. The zero-order chi connectivity index (χ0) is 16.6. The van der Waals surface area contributed by atoms with E-state index >= 15 is 0 Å². The molecule has 0 atom stereocenters. The summed E-state index contributed by atoms with van der Waals surface area (Å²) in [5.41, 5.74) is -0.306. The van der Waals surface area contributed by atoms with Gasteiger partial charge in [-0.25, -0.2) is 4.98 Å². The Labute approximate surface area is 135 Å². The third kappa shape index (κ3) is 2.76. The van der Waals surface area contributed by atoms with E-state index in [1.165, 1.54) is 0 Å². The van der Waals surface area contributed by atoms with Gasteiger partial charge in [-0.3, -0.25) is 9.59 Å². The number of fused-ring (bicyclic) bond motifs is 2. The number of carboxylic acids is 1. The van der Waals surface area contributed by atoms with Crippen LogP contribution >= 0.6 is 11.6 Å². The van der Waals surface area contributed by atoms with Crippen LogP contribution in [0.2, 0.25) is 5.15 Å². The minimum absolute atomic E-state index is 0.0593. The molecule has 0 fully saturated rings. The smallest absolute Gasteiger partial charge is 0.322 e. The van der Waals surface area contributed by atoms with Gasteiger partial charge >= 0.3 is 5.97 Å². The highest BCUT2D eigenvalue weighted by Gasteiger charge is 2.19. The van der Waals surface area contributed by atoms with Gasteiger partial charge in [-0.2, -0.15) is 0 Å². The Morgan fingerprint density at radius 2 is 1.74 bits per heavy atom. The Balaban J connectivity index is 2.18. The molecule has 0 unspecified atom stereocenters. The van der Waals surface area contributed by atoms with Gasteiger partial charge in [0.2, 0.25) is 0 Å². The lowest BCUT2D eigenvalue weighted by atomic mass is 10.0. The van der Waals surface area contributed by atoms with Crippen molar-refractivity contribution < 1.29 is 19.8 Å². The van der Waals surface area contributed by atoms with Crippen molar-refractivity contribution in [2.24, 2.45) is 0 Å². The van der Waals surface area contributed by atoms with Gasteiger partial charge in [0.15, 0.2) is 11.4 Å². The van der Waals surface area contributed by atoms with Crippen LogP contribution in [-0.4, -0.2) is 33.6 Å². The number of aromatic hydroxyl groups is 1. The molecular formula is C16H11ClN2O4. The molecule has 0 saturated carbocycles. The molecule has 3 aromatic rings. The van der Waals surface area contributed by atoms with Crippen molar-refractivity contribution in [1.29, 1.82) is 0 Å². The van der Waals surface area contributed by atoms with Crippen LogP contribution in [0.15, 0.2) is 36.4 Å². The first-order chi connectivity index (χ1) is 11.0. The van der Waals surface area contributed by atoms with Crippen molar-refractivity contribution in [3.05, 3.63) is 47.2 Å². The normalized spacial score (nSPS) is 10.8. The second-order valence-corrected chi connectivity index (χ2v) is 5.28. The van der Waals surface area contributed by atoms with Gasteiger partial charge < -0.3 is 15.5 Å². The van der Waals surface area contributed by atoms with Gasteiger partial charge in [-0.15, -0.1) is 0 Å². The van der Waals surface area contributed by atoms with Crippen LogP contribution in [0.1, 0.15) is 10.5 Å². The number of nitrogens with one attached hydrogen (secondary N) is 1. The lowest BCUT2D eigenvalue weighted by Crippen LogP contribution is -2.30. The van der Waals surface area contributed by atoms with E-state index in [-0.39, 0.29) is 16.6 Å². The number of aromatic nitrogens is 1. The topological polar surface area (TPSA) is 99.5 Å². The van der Waals surface area contributed by atoms with E-state index in [9.17, 15) is 14.7 Å². The molecule has 0 saturated heterocycles. The number of amides is 1. The molecule has 3 N–H and O–H groups in total. The molecule has 1 amide bonds. The van der Waals surface area contributed by atoms with Crippen LogP contribution in [0.3, 0.4) is 0 Å². The summed E-state index contributed by atoms with van der Waals surface area (Å²) in [5, 5.41) is 23.8. The molecule has 3 rings (SSSR count). The third-order valence-corrected chi connectivity index (χ3v) is 3.70. The van der Waals surface area contributed by atoms with Crippen molar-refractivity contribution in [2.45, 2.75) is 0 Å². The van der Waals surface area contributed by atoms with Crippen molar-refractivity contribution in [3.63, 3.8) is 0 Å². The first kappa shape index (κ1) is 15.1. The van der Waals surface area contributed by atoms with Crippen LogP contribution in [0.5, 0.6) is 5.75 Å². The number of carbonyl (C=O) groups excluding carboxylic acids is 1. The molecule has 7 heteroatoms. The average Bonchev–Trinajstić information content (AvgIpc) is 2.54. The van der Waals surface area contributed by atoms with Crippen LogP contribution in [0.25, 0.3) is 21.5 Å². The van der Waals surface area contributed by atoms with Gasteiger partial charge in [-0.05, 0) is 22.9 Å². The van der Waals surface area contributed by atoms with Gasteiger partial charge in [0.05, 0.1) is 0 Å². The fourth-order valence-electron chi connectivity index (χ4n) is 2.34. The summed E-state index contributed by atoms with van der Waals surface area (Å²) < 4.78 is 0. The Morgan fingerprint density at radius 1 is 1.13 bits per heavy atom. The van der Waals surface area contributed by atoms with Crippen molar-refractivity contribution in [3.8, 4) is 5.75 Å². The molecule has 0 aliphatic rings. The van der Waals surface area contributed by atoms with E-state index in [2.05, 4.69) is 10.3 Å². The number of carbonyl (C=O) groups is 2. The highest BCUT2D eigenvalue weighted by Crippen LogP contribution is 2.34. The molecule has 0 bridgehead atoms. The quantitative estimate of drug-likeness (QED) is 0.506. The molecule has 0 aliphatic heterocycles. The minimum Gasteiger partial charge on any atom is -0.505 e. The van der Waals surface area contributed by atoms with E-state index in [1.54, 1.807) is 12.1 Å². The molecule has 0 radical (unpaired) electrons. The molecule has 0 aliphatic carbocycles. The monoisotopic (exact) mass is 330 g/mol. The van der Waals surface area contributed by atoms with Gasteiger partial charge in [-0.1, -0.05) is 35.9 Å². The zero-order valence-electron chi connectivity index (χ0n) is 11.7. The van der Waals surface area contributed by atoms with E-state index in [0.717, 1.165) is 10.8 Å². The Bertz CT molecular complexity index is 956. The van der Waals surface area contributed by atoms with E-state index in [1.807, 2.05) is 24.3 Å². The zero-order valence-corrected chi connectivity index (χ0v) is 12.5. The number of rotatable bonds is 3. The van der Waals surface area contributed by atoms with Crippen LogP contribution < -0.4 is 5.32 Å².